The molecule has 2 bridgehead atoms. The van der Waals surface area contributed by atoms with Crippen molar-refractivity contribution < 1.29 is 14.4 Å². The smallest absolute Gasteiger partial charge is 0.243 e. The highest BCUT2D eigenvalue weighted by molar-refractivity contribution is 9.12. The van der Waals surface area contributed by atoms with Gasteiger partial charge in [-0.2, -0.15) is 0 Å². The van der Waals surface area contributed by atoms with Gasteiger partial charge in [-0.25, -0.2) is 0 Å². The molecule has 4 rings (SSSR count). The molecule has 1 saturated heterocycles. The third kappa shape index (κ3) is 2.66. The van der Waals surface area contributed by atoms with Gasteiger partial charge >= 0.3 is 0 Å². The molecule has 7 atom stereocenters. The summed E-state index contributed by atoms with van der Waals surface area (Å²) in [6, 6.07) is 8.78. The van der Waals surface area contributed by atoms with E-state index in [2.05, 4.69) is 37.2 Å². The molecule has 5 nitrogen and oxygen atoms in total. The Hall–Kier alpha value is -1.21. The summed E-state index contributed by atoms with van der Waals surface area (Å²) in [5.41, 5.74) is 0.978. The Morgan fingerprint density at radius 3 is 2.19 bits per heavy atom. The molecule has 0 spiro atoms. The Morgan fingerprint density at radius 1 is 1.12 bits per heavy atom. The zero-order valence-electron chi connectivity index (χ0n) is 14.3. The van der Waals surface area contributed by atoms with Gasteiger partial charge < -0.3 is 5.32 Å². The molecule has 0 unspecified atom stereocenters. The van der Waals surface area contributed by atoms with Crippen LogP contribution < -0.4 is 5.32 Å². The number of halogens is 2. The van der Waals surface area contributed by atoms with Gasteiger partial charge in [0, 0.05) is 16.2 Å². The number of carbonyl (C=O) groups excluding carboxylic acids is 3. The van der Waals surface area contributed by atoms with Gasteiger partial charge in [-0.3, -0.25) is 19.3 Å². The number of fused-ring (bicyclic) bond motifs is 5. The summed E-state index contributed by atoms with van der Waals surface area (Å²) in [4.78, 5) is 40.1. The van der Waals surface area contributed by atoms with Gasteiger partial charge in [0.15, 0.2) is 0 Å². The van der Waals surface area contributed by atoms with E-state index in [0.29, 0.717) is 6.54 Å². The Balaban J connectivity index is 1.47. The van der Waals surface area contributed by atoms with E-state index >= 15 is 0 Å². The molecule has 3 amide bonds. The minimum Gasteiger partial charge on any atom is -0.350 e. The molecule has 1 aromatic rings. The number of imide groups is 1. The second-order valence-corrected chi connectivity index (χ2v) is 9.54. The fourth-order valence-electron chi connectivity index (χ4n) is 4.80. The van der Waals surface area contributed by atoms with Crippen molar-refractivity contribution in [2.75, 3.05) is 0 Å². The summed E-state index contributed by atoms with van der Waals surface area (Å²) in [6.45, 7) is 2.02. The molecular weight excluding hydrogens is 464 g/mol. The van der Waals surface area contributed by atoms with Crippen molar-refractivity contribution in [3.05, 3.63) is 35.9 Å². The zero-order chi connectivity index (χ0) is 18.6. The Morgan fingerprint density at radius 2 is 1.65 bits per heavy atom. The van der Waals surface area contributed by atoms with Crippen molar-refractivity contribution in [1.29, 1.82) is 0 Å². The van der Waals surface area contributed by atoms with Crippen LogP contribution in [0.25, 0.3) is 0 Å². The normalized spacial score (nSPS) is 36.3. The molecule has 26 heavy (non-hydrogen) atoms. The lowest BCUT2D eigenvalue weighted by molar-refractivity contribution is -0.148. The van der Waals surface area contributed by atoms with Crippen LogP contribution in [0.2, 0.25) is 0 Å². The van der Waals surface area contributed by atoms with E-state index < -0.39 is 6.04 Å². The van der Waals surface area contributed by atoms with Gasteiger partial charge in [0.25, 0.3) is 0 Å². The van der Waals surface area contributed by atoms with Crippen LogP contribution in [0, 0.1) is 23.7 Å². The van der Waals surface area contributed by atoms with Crippen molar-refractivity contribution in [3.63, 3.8) is 0 Å². The number of carbonyl (C=O) groups is 3. The molecule has 1 aromatic carbocycles. The molecule has 3 fully saturated rings. The number of alkyl halides is 2. The number of hydrogen-bond donors (Lipinski definition) is 1. The topological polar surface area (TPSA) is 66.5 Å². The Labute approximate surface area is 169 Å². The number of nitrogens with zero attached hydrogens (tertiary/aromatic N) is 1. The van der Waals surface area contributed by atoms with Crippen LogP contribution in [0.4, 0.5) is 0 Å². The highest BCUT2D eigenvalue weighted by atomic mass is 79.9. The molecule has 0 aromatic heterocycles. The van der Waals surface area contributed by atoms with Gasteiger partial charge in [-0.15, -0.1) is 0 Å². The minimum atomic E-state index is -0.786. The number of rotatable bonds is 4. The van der Waals surface area contributed by atoms with Crippen LogP contribution in [-0.2, 0) is 20.9 Å². The van der Waals surface area contributed by atoms with Crippen LogP contribution in [-0.4, -0.2) is 38.3 Å². The third-order valence-electron chi connectivity index (χ3n) is 6.10. The molecule has 0 radical (unpaired) electrons. The van der Waals surface area contributed by atoms with Crippen LogP contribution in [0.1, 0.15) is 18.9 Å². The van der Waals surface area contributed by atoms with Gasteiger partial charge in [0.2, 0.25) is 17.7 Å². The summed E-state index contributed by atoms with van der Waals surface area (Å²) in [7, 11) is 0. The lowest BCUT2D eigenvalue weighted by atomic mass is 9.81. The van der Waals surface area contributed by atoms with Crippen LogP contribution in [0.15, 0.2) is 30.3 Å². The van der Waals surface area contributed by atoms with Crippen molar-refractivity contribution in [2.24, 2.45) is 23.7 Å². The first kappa shape index (κ1) is 18.2. The van der Waals surface area contributed by atoms with E-state index in [0.717, 1.165) is 12.0 Å². The average Bonchev–Trinajstić information content (AvgIpc) is 3.25. The number of hydrogen-bond acceptors (Lipinski definition) is 3. The fourth-order valence-corrected chi connectivity index (χ4v) is 6.68. The first-order chi connectivity index (χ1) is 12.4. The van der Waals surface area contributed by atoms with Gasteiger partial charge in [0.1, 0.15) is 6.04 Å². The monoisotopic (exact) mass is 482 g/mol. The SMILES string of the molecule is C[C@H](C(=O)NCc1ccccc1)N1C(=O)[C@H]2[C@@H]3C[C@@H]([C@@H](Br)[C@@H]3Br)[C@@H]2C1=O. The van der Waals surface area contributed by atoms with Crippen LogP contribution >= 0.6 is 31.9 Å². The predicted octanol–water partition coefficient (Wildman–Crippen LogP) is 2.47. The predicted molar refractivity (Wildman–Crippen MR) is 104 cm³/mol. The minimum absolute atomic E-state index is 0.162. The maximum absolute atomic E-state index is 12.9. The number of benzene rings is 1. The third-order valence-corrected chi connectivity index (χ3v) is 9.30. The van der Waals surface area contributed by atoms with E-state index in [-0.39, 0.29) is 51.0 Å². The molecule has 7 heteroatoms. The second kappa shape index (κ2) is 6.75. The standard InChI is InChI=1S/C19H20Br2N2O3/c1-9(17(24)22-8-10-5-3-2-4-6-10)23-18(25)13-11-7-12(14(13)19(23)26)16(21)15(11)20/h2-6,9,11-16H,7-8H2,1H3,(H,22,24)/t9-,11-,12+,13+,14+,15-,16-/m1/s1. The fraction of sp³-hybridized carbons (Fsp3) is 0.526. The van der Waals surface area contributed by atoms with Crippen molar-refractivity contribution >= 4 is 49.6 Å². The van der Waals surface area contributed by atoms with Crippen LogP contribution in [0.5, 0.6) is 0 Å². The summed E-state index contributed by atoms with van der Waals surface area (Å²) < 4.78 is 0. The number of likely N-dealkylation sites (tertiary alicyclic amines) is 1. The van der Waals surface area contributed by atoms with Gasteiger partial charge in [-0.05, 0) is 30.7 Å². The zero-order valence-corrected chi connectivity index (χ0v) is 17.4. The summed E-state index contributed by atoms with van der Waals surface area (Å²) >= 11 is 7.35. The maximum atomic E-state index is 12.9. The van der Waals surface area contributed by atoms with Crippen molar-refractivity contribution in [3.8, 4) is 0 Å². The van der Waals surface area contributed by atoms with Gasteiger partial charge in [0.05, 0.1) is 11.8 Å². The van der Waals surface area contributed by atoms with E-state index in [1.54, 1.807) is 6.92 Å². The van der Waals surface area contributed by atoms with E-state index in [4.69, 9.17) is 0 Å². The highest BCUT2D eigenvalue weighted by Crippen LogP contribution is 2.60. The molecular formula is C19H20Br2N2O3. The van der Waals surface area contributed by atoms with Crippen molar-refractivity contribution in [2.45, 2.75) is 35.6 Å². The largest absolute Gasteiger partial charge is 0.350 e. The van der Waals surface area contributed by atoms with Crippen LogP contribution in [0.3, 0.4) is 0 Å². The molecule has 1 heterocycles. The molecule has 1 N–H and O–H groups in total. The molecule has 2 aliphatic carbocycles. The molecule has 138 valence electrons. The Bertz CT molecular complexity index is 724. The maximum Gasteiger partial charge on any atom is 0.243 e. The average molecular weight is 484 g/mol. The molecule has 3 aliphatic rings. The molecule has 1 aliphatic heterocycles. The Kier molecular flexibility index (Phi) is 4.72. The number of nitrogens with one attached hydrogen (secondary N) is 1. The van der Waals surface area contributed by atoms with E-state index in [9.17, 15) is 14.4 Å². The lowest BCUT2D eigenvalue weighted by Gasteiger charge is -2.28. The summed E-state index contributed by atoms with van der Waals surface area (Å²) in [5, 5.41) is 2.83. The summed E-state index contributed by atoms with van der Waals surface area (Å²) in [6.07, 6.45) is 0.890. The molecule has 2 saturated carbocycles. The highest BCUT2D eigenvalue weighted by Gasteiger charge is 2.67. The van der Waals surface area contributed by atoms with E-state index in [1.807, 2.05) is 30.3 Å². The number of amides is 3. The summed E-state index contributed by atoms with van der Waals surface area (Å²) in [5.74, 6) is -0.901. The van der Waals surface area contributed by atoms with E-state index in [1.165, 1.54) is 4.90 Å². The lowest BCUT2D eigenvalue weighted by Crippen LogP contribution is -2.48. The first-order valence-electron chi connectivity index (χ1n) is 8.88. The quantitative estimate of drug-likeness (QED) is 0.528. The van der Waals surface area contributed by atoms with Crippen molar-refractivity contribution in [1.82, 2.24) is 10.2 Å². The first-order valence-corrected chi connectivity index (χ1v) is 10.7. The second-order valence-electron chi connectivity index (χ2n) is 7.43. The van der Waals surface area contributed by atoms with Gasteiger partial charge in [-0.1, -0.05) is 62.2 Å².